The number of para-hydroxylation sites is 1. The van der Waals surface area contributed by atoms with Crippen LogP contribution in [0.15, 0.2) is 36.4 Å². The molecule has 6 heteroatoms. The number of esters is 1. The van der Waals surface area contributed by atoms with Crippen LogP contribution < -0.4 is 0 Å². The highest BCUT2D eigenvalue weighted by molar-refractivity contribution is 5.92. The normalized spacial score (nSPS) is 23.4. The predicted molar refractivity (Wildman–Crippen MR) is 100 cm³/mol. The lowest BCUT2D eigenvalue weighted by molar-refractivity contribution is -0.145. The van der Waals surface area contributed by atoms with Crippen molar-refractivity contribution in [1.82, 2.24) is 0 Å². The van der Waals surface area contributed by atoms with Gasteiger partial charge in [0.1, 0.15) is 17.4 Å². The molecule has 1 aromatic carbocycles. The molecular formula is C21H28O6. The summed E-state index contributed by atoms with van der Waals surface area (Å²) in [5.74, 6) is -2.87. The number of carboxylic acids is 1. The molecule has 0 aliphatic heterocycles. The first-order chi connectivity index (χ1) is 12.9. The van der Waals surface area contributed by atoms with E-state index in [1.165, 1.54) is 12.1 Å². The highest BCUT2D eigenvalue weighted by Gasteiger charge is 2.38. The van der Waals surface area contributed by atoms with Crippen molar-refractivity contribution in [2.24, 2.45) is 11.8 Å². The molecule has 1 fully saturated rings. The van der Waals surface area contributed by atoms with Crippen LogP contribution in [0.4, 0.5) is 0 Å². The molecule has 4 unspecified atom stereocenters. The van der Waals surface area contributed by atoms with Gasteiger partial charge < -0.3 is 20.1 Å². The van der Waals surface area contributed by atoms with Gasteiger partial charge in [-0.25, -0.2) is 4.79 Å². The monoisotopic (exact) mass is 376 g/mol. The summed E-state index contributed by atoms with van der Waals surface area (Å²) in [4.78, 5) is 23.8. The summed E-state index contributed by atoms with van der Waals surface area (Å²) in [5.41, 5.74) is 0.103. The van der Waals surface area contributed by atoms with Crippen LogP contribution in [-0.2, 0) is 9.53 Å². The summed E-state index contributed by atoms with van der Waals surface area (Å²) in [6.07, 6.45) is 6.68. The number of aromatic hydroxyl groups is 1. The van der Waals surface area contributed by atoms with Gasteiger partial charge in [0.25, 0.3) is 0 Å². The number of aliphatic hydroxyl groups excluding tert-OH is 1. The Labute approximate surface area is 159 Å². The number of hydrogen-bond acceptors (Lipinski definition) is 5. The molecule has 6 nitrogen and oxygen atoms in total. The smallest absolute Gasteiger partial charge is 0.342 e. The largest absolute Gasteiger partial charge is 0.507 e. The van der Waals surface area contributed by atoms with Crippen molar-refractivity contribution in [3.05, 3.63) is 42.0 Å². The van der Waals surface area contributed by atoms with Crippen molar-refractivity contribution in [3.8, 4) is 5.75 Å². The molecule has 27 heavy (non-hydrogen) atoms. The molecule has 1 aliphatic carbocycles. The minimum absolute atomic E-state index is 0.103. The second kappa shape index (κ2) is 10.1. The van der Waals surface area contributed by atoms with E-state index in [4.69, 9.17) is 4.74 Å². The predicted octanol–water partition coefficient (Wildman–Crippen LogP) is 3.53. The van der Waals surface area contributed by atoms with E-state index in [2.05, 4.69) is 6.92 Å². The van der Waals surface area contributed by atoms with Crippen LogP contribution >= 0.6 is 0 Å². The zero-order valence-corrected chi connectivity index (χ0v) is 15.6. The summed E-state index contributed by atoms with van der Waals surface area (Å²) in [6.45, 7) is 2.08. The third-order valence-electron chi connectivity index (χ3n) is 5.00. The van der Waals surface area contributed by atoms with Crippen molar-refractivity contribution in [2.45, 2.75) is 57.7 Å². The van der Waals surface area contributed by atoms with Crippen LogP contribution in [0.2, 0.25) is 0 Å². The lowest BCUT2D eigenvalue weighted by Gasteiger charge is -2.17. The lowest BCUT2D eigenvalue weighted by atomic mass is 9.94. The van der Waals surface area contributed by atoms with Gasteiger partial charge in [-0.15, -0.1) is 0 Å². The Bertz CT molecular complexity index is 668. The van der Waals surface area contributed by atoms with Crippen LogP contribution in [0.1, 0.15) is 55.8 Å². The van der Waals surface area contributed by atoms with Crippen molar-refractivity contribution in [3.63, 3.8) is 0 Å². The van der Waals surface area contributed by atoms with Gasteiger partial charge in [0, 0.05) is 0 Å². The van der Waals surface area contributed by atoms with E-state index < -0.39 is 30.1 Å². The number of benzene rings is 1. The zero-order valence-electron chi connectivity index (χ0n) is 15.6. The van der Waals surface area contributed by atoms with Gasteiger partial charge in [-0.1, -0.05) is 38.0 Å². The number of unbranched alkanes of at least 4 members (excludes halogenated alkanes) is 2. The van der Waals surface area contributed by atoms with Gasteiger partial charge in [-0.2, -0.15) is 0 Å². The first kappa shape index (κ1) is 21.0. The number of phenolic OH excluding ortho intramolecular Hbond substituents is 1. The van der Waals surface area contributed by atoms with Gasteiger partial charge in [0.15, 0.2) is 0 Å². The number of aliphatic carboxylic acids is 1. The third kappa shape index (κ3) is 5.82. The lowest BCUT2D eigenvalue weighted by Crippen LogP contribution is -2.27. The molecule has 0 saturated heterocycles. The van der Waals surface area contributed by atoms with E-state index in [0.717, 1.165) is 19.3 Å². The Hall–Kier alpha value is -2.34. The molecule has 1 aliphatic rings. The van der Waals surface area contributed by atoms with E-state index in [0.29, 0.717) is 19.3 Å². The minimum Gasteiger partial charge on any atom is -0.507 e. The van der Waals surface area contributed by atoms with Crippen molar-refractivity contribution in [1.29, 1.82) is 0 Å². The van der Waals surface area contributed by atoms with E-state index in [1.54, 1.807) is 24.3 Å². The van der Waals surface area contributed by atoms with Crippen LogP contribution in [0, 0.1) is 11.8 Å². The third-order valence-corrected chi connectivity index (χ3v) is 5.00. The van der Waals surface area contributed by atoms with E-state index in [-0.39, 0.29) is 17.2 Å². The molecule has 2 rings (SSSR count). The minimum atomic E-state index is -1.01. The number of ether oxygens (including phenoxy) is 1. The van der Waals surface area contributed by atoms with Crippen LogP contribution in [0.25, 0.3) is 0 Å². The summed E-state index contributed by atoms with van der Waals surface area (Å²) < 4.78 is 5.55. The highest BCUT2D eigenvalue weighted by Crippen LogP contribution is 2.33. The van der Waals surface area contributed by atoms with Gasteiger partial charge in [-0.3, -0.25) is 4.79 Å². The quantitative estimate of drug-likeness (QED) is 0.346. The van der Waals surface area contributed by atoms with Gasteiger partial charge in [-0.05, 0) is 49.8 Å². The van der Waals surface area contributed by atoms with Crippen LogP contribution in [-0.4, -0.2) is 39.5 Å². The fourth-order valence-electron chi connectivity index (χ4n) is 3.48. The molecule has 4 atom stereocenters. The molecule has 0 radical (unpaired) electrons. The highest BCUT2D eigenvalue weighted by atomic mass is 16.5. The van der Waals surface area contributed by atoms with E-state index >= 15 is 0 Å². The maximum absolute atomic E-state index is 12.4. The standard InChI is InChI=1S/C21H28O6/c1-2-3-4-7-15(27-21(26)16-8-5-6-9-17(16)22)12-10-14-11-13-18(23)19(14)20(24)25/h5-6,8-10,12,14-15,18-19,22-23H,2-4,7,11,13H2,1H3,(H,24,25). The van der Waals surface area contributed by atoms with Gasteiger partial charge in [0.05, 0.1) is 12.0 Å². The average Bonchev–Trinajstić information content (AvgIpc) is 3.00. The number of allylic oxidation sites excluding steroid dienone is 1. The molecule has 0 amide bonds. The van der Waals surface area contributed by atoms with Crippen molar-refractivity contribution in [2.75, 3.05) is 0 Å². The first-order valence-electron chi connectivity index (χ1n) is 9.52. The molecule has 0 aromatic heterocycles. The number of aliphatic hydroxyl groups is 1. The van der Waals surface area contributed by atoms with Gasteiger partial charge in [0.2, 0.25) is 0 Å². The molecule has 1 aromatic rings. The van der Waals surface area contributed by atoms with Crippen molar-refractivity contribution < 1.29 is 29.6 Å². The maximum atomic E-state index is 12.4. The van der Waals surface area contributed by atoms with Crippen LogP contribution in [0.3, 0.4) is 0 Å². The Morgan fingerprint density at radius 2 is 2.00 bits per heavy atom. The van der Waals surface area contributed by atoms with E-state index in [9.17, 15) is 24.9 Å². The summed E-state index contributed by atoms with van der Waals surface area (Å²) in [7, 11) is 0. The first-order valence-corrected chi connectivity index (χ1v) is 9.52. The number of carboxylic acid groups (broad SMARTS) is 1. The number of carbonyl (C=O) groups is 2. The zero-order chi connectivity index (χ0) is 19.8. The van der Waals surface area contributed by atoms with Gasteiger partial charge >= 0.3 is 11.9 Å². The maximum Gasteiger partial charge on any atom is 0.342 e. The topological polar surface area (TPSA) is 104 Å². The van der Waals surface area contributed by atoms with E-state index in [1.807, 2.05) is 0 Å². The molecule has 148 valence electrons. The Morgan fingerprint density at radius 1 is 1.26 bits per heavy atom. The second-order valence-electron chi connectivity index (χ2n) is 7.01. The SMILES string of the molecule is CCCCCC(C=CC1CCC(O)C1C(=O)O)OC(=O)c1ccccc1O. The second-order valence-corrected chi connectivity index (χ2v) is 7.01. The molecule has 0 bridgehead atoms. The number of phenols is 1. The molecular weight excluding hydrogens is 348 g/mol. The average molecular weight is 376 g/mol. The Kier molecular flexibility index (Phi) is 7.85. The molecule has 0 spiro atoms. The molecule has 3 N–H and O–H groups in total. The number of hydrogen-bond donors (Lipinski definition) is 3. The Morgan fingerprint density at radius 3 is 2.67 bits per heavy atom. The summed E-state index contributed by atoms with van der Waals surface area (Å²) >= 11 is 0. The molecule has 1 saturated carbocycles. The number of rotatable bonds is 9. The summed E-state index contributed by atoms with van der Waals surface area (Å²) in [5, 5.41) is 29.0. The fourth-order valence-corrected chi connectivity index (χ4v) is 3.48. The summed E-state index contributed by atoms with van der Waals surface area (Å²) in [6, 6.07) is 6.20. The number of carbonyl (C=O) groups excluding carboxylic acids is 1. The Balaban J connectivity index is 2.08. The van der Waals surface area contributed by atoms with Crippen molar-refractivity contribution >= 4 is 11.9 Å². The fraction of sp³-hybridized carbons (Fsp3) is 0.524. The van der Waals surface area contributed by atoms with Crippen LogP contribution in [0.5, 0.6) is 5.75 Å². The molecule has 0 heterocycles.